The molecule has 0 spiro atoms. The Labute approximate surface area is 124 Å². The van der Waals surface area contributed by atoms with Crippen molar-refractivity contribution >= 4 is 0 Å². The first-order valence-electron chi connectivity index (χ1n) is 7.37. The van der Waals surface area contributed by atoms with Crippen molar-refractivity contribution in [1.82, 2.24) is 0 Å². The van der Waals surface area contributed by atoms with Gasteiger partial charge in [-0.15, -0.1) is 0 Å². The summed E-state index contributed by atoms with van der Waals surface area (Å²) < 4.78 is 6.28. The molecule has 110 valence electrons. The molecule has 0 saturated carbocycles. The van der Waals surface area contributed by atoms with Crippen LogP contribution in [0.3, 0.4) is 0 Å². The van der Waals surface area contributed by atoms with Crippen LogP contribution in [0.25, 0.3) is 0 Å². The molecule has 1 saturated heterocycles. The van der Waals surface area contributed by atoms with E-state index in [9.17, 15) is 10.2 Å². The van der Waals surface area contributed by atoms with Crippen molar-refractivity contribution in [2.45, 2.75) is 37.9 Å². The van der Waals surface area contributed by atoms with E-state index >= 15 is 0 Å². The fourth-order valence-electron chi connectivity index (χ4n) is 3.44. The number of hydrogen-bond acceptors (Lipinski definition) is 3. The van der Waals surface area contributed by atoms with Crippen LogP contribution in [0.5, 0.6) is 11.5 Å². The Morgan fingerprint density at radius 3 is 1.33 bits per heavy atom. The Hall–Kier alpha value is -2.00. The minimum atomic E-state index is -0.355. The second kappa shape index (κ2) is 4.78. The molecule has 1 aliphatic rings. The summed E-state index contributed by atoms with van der Waals surface area (Å²) in [5, 5.41) is 19.0. The van der Waals surface area contributed by atoms with Crippen LogP contribution < -0.4 is 0 Å². The van der Waals surface area contributed by atoms with Gasteiger partial charge in [-0.1, -0.05) is 38.1 Å². The molecule has 0 aromatic heterocycles. The summed E-state index contributed by atoms with van der Waals surface area (Å²) >= 11 is 0. The lowest BCUT2D eigenvalue weighted by Crippen LogP contribution is -2.21. The predicted molar refractivity (Wildman–Crippen MR) is 81.2 cm³/mol. The van der Waals surface area contributed by atoms with Crippen LogP contribution >= 0.6 is 0 Å². The van der Waals surface area contributed by atoms with E-state index < -0.39 is 0 Å². The van der Waals surface area contributed by atoms with Crippen molar-refractivity contribution in [2.24, 2.45) is 0 Å². The van der Waals surface area contributed by atoms with Crippen molar-refractivity contribution in [3.63, 3.8) is 0 Å². The molecule has 3 rings (SSSR count). The SMILES string of the molecule is CC[C@@]1(c2ccc(O)cc2)O[C@]1(CC)c1ccc(O)cc1. The van der Waals surface area contributed by atoms with Crippen LogP contribution in [0.1, 0.15) is 37.8 Å². The van der Waals surface area contributed by atoms with Crippen LogP contribution in [0.2, 0.25) is 0 Å². The van der Waals surface area contributed by atoms with Crippen molar-refractivity contribution in [3.8, 4) is 11.5 Å². The monoisotopic (exact) mass is 284 g/mol. The van der Waals surface area contributed by atoms with Gasteiger partial charge in [-0.05, 0) is 48.2 Å². The predicted octanol–water partition coefficient (Wildman–Crippen LogP) is 4.04. The van der Waals surface area contributed by atoms with E-state index in [-0.39, 0.29) is 22.7 Å². The smallest absolute Gasteiger partial charge is 0.127 e. The van der Waals surface area contributed by atoms with Gasteiger partial charge < -0.3 is 14.9 Å². The van der Waals surface area contributed by atoms with Gasteiger partial charge in [0.15, 0.2) is 0 Å². The molecule has 1 fully saturated rings. The highest BCUT2D eigenvalue weighted by atomic mass is 16.6. The van der Waals surface area contributed by atoms with Crippen LogP contribution in [0, 0.1) is 0 Å². The summed E-state index contributed by atoms with van der Waals surface area (Å²) in [6, 6.07) is 14.5. The first kappa shape index (κ1) is 14.0. The molecule has 0 amide bonds. The highest BCUT2D eigenvalue weighted by molar-refractivity contribution is 5.44. The molecule has 1 heterocycles. The molecule has 3 nitrogen and oxygen atoms in total. The quantitative estimate of drug-likeness (QED) is 0.833. The Bertz CT molecular complexity index is 575. The molecule has 2 aromatic rings. The largest absolute Gasteiger partial charge is 0.508 e. The summed E-state index contributed by atoms with van der Waals surface area (Å²) in [7, 11) is 0. The number of benzene rings is 2. The molecule has 2 atom stereocenters. The van der Waals surface area contributed by atoms with Gasteiger partial charge in [0.2, 0.25) is 0 Å². The van der Waals surface area contributed by atoms with E-state index in [4.69, 9.17) is 4.74 Å². The Balaban J connectivity index is 2.05. The van der Waals surface area contributed by atoms with Crippen LogP contribution in [0.4, 0.5) is 0 Å². The lowest BCUT2D eigenvalue weighted by molar-refractivity contribution is 0.255. The van der Waals surface area contributed by atoms with E-state index in [1.54, 1.807) is 24.3 Å². The molecular formula is C18H20O3. The lowest BCUT2D eigenvalue weighted by atomic mass is 9.78. The minimum absolute atomic E-state index is 0.261. The summed E-state index contributed by atoms with van der Waals surface area (Å²) in [5.41, 5.74) is 1.45. The van der Waals surface area contributed by atoms with E-state index in [1.807, 2.05) is 24.3 Å². The zero-order chi connectivity index (χ0) is 15.1. The summed E-state index contributed by atoms with van der Waals surface area (Å²) in [6.07, 6.45) is 1.71. The molecule has 2 aromatic carbocycles. The molecular weight excluding hydrogens is 264 g/mol. The normalized spacial score (nSPS) is 27.5. The standard InChI is InChI=1S/C18H20O3/c1-3-17(13-5-9-15(19)10-6-13)18(4-2,21-17)14-7-11-16(20)12-8-14/h5-12,19-20H,3-4H2,1-2H3/t17-,18+. The van der Waals surface area contributed by atoms with Crippen LogP contribution in [-0.4, -0.2) is 10.2 Å². The zero-order valence-corrected chi connectivity index (χ0v) is 12.3. The highest BCUT2D eigenvalue weighted by Gasteiger charge is 2.69. The second-order valence-corrected chi connectivity index (χ2v) is 5.56. The van der Waals surface area contributed by atoms with E-state index in [2.05, 4.69) is 13.8 Å². The maximum atomic E-state index is 9.48. The fraction of sp³-hybridized carbons (Fsp3) is 0.333. The van der Waals surface area contributed by atoms with E-state index in [1.165, 1.54) is 0 Å². The average Bonchev–Trinajstić information content (AvgIpc) is 3.19. The molecule has 2 N–H and O–H groups in total. The van der Waals surface area contributed by atoms with Gasteiger partial charge in [-0.2, -0.15) is 0 Å². The van der Waals surface area contributed by atoms with Crippen molar-refractivity contribution in [1.29, 1.82) is 0 Å². The molecule has 3 heteroatoms. The van der Waals surface area contributed by atoms with Crippen LogP contribution in [0.15, 0.2) is 48.5 Å². The highest BCUT2D eigenvalue weighted by Crippen LogP contribution is 2.66. The first-order valence-corrected chi connectivity index (χ1v) is 7.37. The topological polar surface area (TPSA) is 53.0 Å². The van der Waals surface area contributed by atoms with Crippen molar-refractivity contribution in [2.75, 3.05) is 0 Å². The Morgan fingerprint density at radius 2 is 1.05 bits per heavy atom. The van der Waals surface area contributed by atoms with E-state index in [0.717, 1.165) is 24.0 Å². The third-order valence-corrected chi connectivity index (χ3v) is 4.62. The number of hydrogen-bond donors (Lipinski definition) is 2. The molecule has 1 aliphatic heterocycles. The Morgan fingerprint density at radius 1 is 0.714 bits per heavy atom. The summed E-state index contributed by atoms with van der Waals surface area (Å²) in [5.74, 6) is 0.523. The van der Waals surface area contributed by atoms with Gasteiger partial charge in [0.1, 0.15) is 22.7 Å². The van der Waals surface area contributed by atoms with Gasteiger partial charge in [0.25, 0.3) is 0 Å². The number of ether oxygens (including phenoxy) is 1. The van der Waals surface area contributed by atoms with Crippen molar-refractivity contribution < 1.29 is 14.9 Å². The summed E-state index contributed by atoms with van der Waals surface area (Å²) in [6.45, 7) is 4.23. The van der Waals surface area contributed by atoms with Crippen LogP contribution in [-0.2, 0) is 15.9 Å². The molecule has 21 heavy (non-hydrogen) atoms. The first-order chi connectivity index (χ1) is 10.1. The molecule has 0 aliphatic carbocycles. The van der Waals surface area contributed by atoms with E-state index in [0.29, 0.717) is 0 Å². The van der Waals surface area contributed by atoms with Gasteiger partial charge in [0.05, 0.1) is 0 Å². The number of epoxide rings is 1. The van der Waals surface area contributed by atoms with Crippen molar-refractivity contribution in [3.05, 3.63) is 59.7 Å². The van der Waals surface area contributed by atoms with Gasteiger partial charge in [-0.3, -0.25) is 0 Å². The third kappa shape index (κ3) is 1.92. The number of phenolic OH excluding ortho intramolecular Hbond substituents is 2. The number of phenols is 2. The average molecular weight is 284 g/mol. The molecule has 0 bridgehead atoms. The third-order valence-electron chi connectivity index (χ3n) is 4.62. The maximum absolute atomic E-state index is 9.48. The second-order valence-electron chi connectivity index (χ2n) is 5.56. The summed E-state index contributed by atoms with van der Waals surface area (Å²) in [4.78, 5) is 0. The maximum Gasteiger partial charge on any atom is 0.127 e. The van der Waals surface area contributed by atoms with Gasteiger partial charge in [0, 0.05) is 0 Å². The molecule has 0 radical (unpaired) electrons. The lowest BCUT2D eigenvalue weighted by Gasteiger charge is -2.19. The minimum Gasteiger partial charge on any atom is -0.508 e. The van der Waals surface area contributed by atoms with Gasteiger partial charge in [-0.25, -0.2) is 0 Å². The number of aromatic hydroxyl groups is 2. The zero-order valence-electron chi connectivity index (χ0n) is 12.3. The van der Waals surface area contributed by atoms with Gasteiger partial charge >= 0.3 is 0 Å². The Kier molecular flexibility index (Phi) is 3.18. The fourth-order valence-corrected chi connectivity index (χ4v) is 3.44. The molecule has 0 unspecified atom stereocenters. The number of rotatable bonds is 4.